The van der Waals surface area contributed by atoms with Gasteiger partial charge in [-0.25, -0.2) is 8.42 Å². The van der Waals surface area contributed by atoms with Crippen LogP contribution in [0.3, 0.4) is 0 Å². The Morgan fingerprint density at radius 3 is 2.65 bits per heavy atom. The topological polar surface area (TPSA) is 75.6 Å². The Hall–Kier alpha value is -0.790. The van der Waals surface area contributed by atoms with Gasteiger partial charge in [-0.15, -0.1) is 0 Å². The summed E-state index contributed by atoms with van der Waals surface area (Å²) in [7, 11) is -1.32. The number of nitrogens with one attached hydrogen (secondary N) is 1. The Bertz CT molecular complexity index is 574. The molecule has 1 aliphatic heterocycles. The van der Waals surface area contributed by atoms with Crippen molar-refractivity contribution < 1.29 is 18.3 Å². The van der Waals surface area contributed by atoms with Crippen LogP contribution in [0.2, 0.25) is 0 Å². The van der Waals surface area contributed by atoms with E-state index in [2.05, 4.69) is 21.2 Å². The number of hydrogen-bond acceptors (Lipinski definition) is 5. The summed E-state index contributed by atoms with van der Waals surface area (Å²) in [6.07, 6.45) is 1.30. The zero-order valence-corrected chi connectivity index (χ0v) is 13.6. The van der Waals surface area contributed by atoms with Gasteiger partial charge < -0.3 is 15.2 Å². The van der Waals surface area contributed by atoms with Crippen LogP contribution in [0, 0.1) is 0 Å². The lowest BCUT2D eigenvalue weighted by molar-refractivity contribution is 0.371. The van der Waals surface area contributed by atoms with Gasteiger partial charge in [0.1, 0.15) is 9.84 Å². The zero-order chi connectivity index (χ0) is 14.8. The van der Waals surface area contributed by atoms with Gasteiger partial charge in [-0.3, -0.25) is 0 Å². The van der Waals surface area contributed by atoms with Crippen molar-refractivity contribution in [3.05, 3.63) is 22.2 Å². The normalized spacial score (nSPS) is 18.9. The summed E-state index contributed by atoms with van der Waals surface area (Å²) in [5.41, 5.74) is 0.972. The molecule has 0 bridgehead atoms. The molecule has 0 amide bonds. The van der Waals surface area contributed by atoms with Crippen LogP contribution in [0.1, 0.15) is 18.4 Å². The van der Waals surface area contributed by atoms with Crippen LogP contribution >= 0.6 is 15.9 Å². The molecule has 1 heterocycles. The average molecular weight is 364 g/mol. The predicted molar refractivity (Wildman–Crippen MR) is 80.9 cm³/mol. The lowest BCUT2D eigenvalue weighted by atomic mass is 10.1. The summed E-state index contributed by atoms with van der Waals surface area (Å²) in [5.74, 6) is 1.02. The highest BCUT2D eigenvalue weighted by molar-refractivity contribution is 9.10. The van der Waals surface area contributed by atoms with E-state index in [1.807, 2.05) is 6.07 Å². The number of aromatic hydroxyl groups is 1. The first-order valence-electron chi connectivity index (χ1n) is 6.40. The number of phenolic OH excluding ortho intramolecular Hbond substituents is 1. The van der Waals surface area contributed by atoms with Crippen LogP contribution < -0.4 is 10.1 Å². The molecule has 0 radical (unpaired) electrons. The Morgan fingerprint density at radius 1 is 1.40 bits per heavy atom. The minimum absolute atomic E-state index is 0.0833. The minimum Gasteiger partial charge on any atom is -0.503 e. The molecule has 1 fully saturated rings. The Kier molecular flexibility index (Phi) is 4.93. The van der Waals surface area contributed by atoms with Crippen LogP contribution in [-0.4, -0.2) is 38.2 Å². The first-order valence-corrected chi connectivity index (χ1v) is 9.02. The van der Waals surface area contributed by atoms with Crippen molar-refractivity contribution in [2.45, 2.75) is 25.4 Å². The number of rotatable bonds is 4. The molecule has 7 heteroatoms. The van der Waals surface area contributed by atoms with Crippen molar-refractivity contribution in [2.75, 3.05) is 18.6 Å². The molecule has 1 aliphatic rings. The van der Waals surface area contributed by atoms with Gasteiger partial charge in [-0.05, 0) is 46.5 Å². The van der Waals surface area contributed by atoms with Crippen LogP contribution in [-0.2, 0) is 16.4 Å². The van der Waals surface area contributed by atoms with Crippen LogP contribution in [0.15, 0.2) is 16.6 Å². The monoisotopic (exact) mass is 363 g/mol. The maximum Gasteiger partial charge on any atom is 0.172 e. The molecule has 1 aromatic carbocycles. The first-order chi connectivity index (χ1) is 9.41. The third-order valence-electron chi connectivity index (χ3n) is 3.46. The van der Waals surface area contributed by atoms with Gasteiger partial charge >= 0.3 is 0 Å². The molecule has 0 atom stereocenters. The SMILES string of the molecule is COc1cc(CNC2CCS(=O)(=O)CC2)cc(Br)c1O. The van der Waals surface area contributed by atoms with Crippen LogP contribution in [0.5, 0.6) is 11.5 Å². The van der Waals surface area contributed by atoms with E-state index < -0.39 is 9.84 Å². The van der Waals surface area contributed by atoms with Gasteiger partial charge in [0.25, 0.3) is 0 Å². The van der Waals surface area contributed by atoms with E-state index in [1.165, 1.54) is 7.11 Å². The first kappa shape index (κ1) is 15.6. The molecule has 1 aromatic rings. The highest BCUT2D eigenvalue weighted by Gasteiger charge is 2.23. The summed E-state index contributed by atoms with van der Waals surface area (Å²) in [6, 6.07) is 3.81. The maximum atomic E-state index is 11.4. The summed E-state index contributed by atoms with van der Waals surface area (Å²) in [4.78, 5) is 0. The maximum absolute atomic E-state index is 11.4. The second-order valence-electron chi connectivity index (χ2n) is 4.94. The molecular formula is C13H18BrNO4S. The van der Waals surface area contributed by atoms with Gasteiger partial charge in [0.2, 0.25) is 0 Å². The number of halogens is 1. The number of phenols is 1. The molecule has 0 aliphatic carbocycles. The second kappa shape index (κ2) is 6.32. The molecule has 0 saturated carbocycles. The fraction of sp³-hybridized carbons (Fsp3) is 0.538. The molecule has 0 aromatic heterocycles. The van der Waals surface area contributed by atoms with Crippen molar-refractivity contribution in [1.82, 2.24) is 5.32 Å². The summed E-state index contributed by atoms with van der Waals surface area (Å²) < 4.78 is 28.4. The lowest BCUT2D eigenvalue weighted by Gasteiger charge is -2.23. The van der Waals surface area contributed by atoms with Gasteiger partial charge in [0, 0.05) is 12.6 Å². The van der Waals surface area contributed by atoms with E-state index in [0.29, 0.717) is 29.6 Å². The van der Waals surface area contributed by atoms with Gasteiger partial charge in [0.15, 0.2) is 11.5 Å². The summed E-state index contributed by atoms with van der Waals surface area (Å²) in [6.45, 7) is 0.611. The molecule has 0 spiro atoms. The number of benzene rings is 1. The molecule has 112 valence electrons. The number of methoxy groups -OCH3 is 1. The molecule has 1 saturated heterocycles. The van der Waals surface area contributed by atoms with Gasteiger partial charge in [-0.1, -0.05) is 0 Å². The average Bonchev–Trinajstić information content (AvgIpc) is 2.41. The third-order valence-corrected chi connectivity index (χ3v) is 5.78. The molecule has 2 rings (SSSR count). The Morgan fingerprint density at radius 2 is 2.05 bits per heavy atom. The highest BCUT2D eigenvalue weighted by atomic mass is 79.9. The molecular weight excluding hydrogens is 346 g/mol. The smallest absolute Gasteiger partial charge is 0.172 e. The van der Waals surface area contributed by atoms with Gasteiger partial charge in [-0.2, -0.15) is 0 Å². The fourth-order valence-electron chi connectivity index (χ4n) is 2.24. The molecule has 20 heavy (non-hydrogen) atoms. The van der Waals surface area contributed by atoms with E-state index >= 15 is 0 Å². The van der Waals surface area contributed by atoms with Crippen LogP contribution in [0.4, 0.5) is 0 Å². The largest absolute Gasteiger partial charge is 0.503 e. The summed E-state index contributed by atoms with van der Waals surface area (Å²) >= 11 is 3.28. The Balaban J connectivity index is 1.96. The number of ether oxygens (including phenoxy) is 1. The fourth-order valence-corrected chi connectivity index (χ4v) is 4.22. The molecule has 2 N–H and O–H groups in total. The standard InChI is InChI=1S/C13H18BrNO4S/c1-19-12-7-9(6-11(14)13(12)16)8-15-10-2-4-20(17,18)5-3-10/h6-7,10,15-16H,2-5,8H2,1H3. The quantitative estimate of drug-likeness (QED) is 0.853. The van der Waals surface area contributed by atoms with E-state index in [9.17, 15) is 13.5 Å². The van der Waals surface area contributed by atoms with E-state index in [-0.39, 0.29) is 23.3 Å². The second-order valence-corrected chi connectivity index (χ2v) is 8.09. The van der Waals surface area contributed by atoms with E-state index in [0.717, 1.165) is 5.56 Å². The predicted octanol–water partition coefficient (Wildman–Crippen LogP) is 1.83. The van der Waals surface area contributed by atoms with Gasteiger partial charge in [0.05, 0.1) is 23.1 Å². The van der Waals surface area contributed by atoms with Crippen LogP contribution in [0.25, 0.3) is 0 Å². The van der Waals surface area contributed by atoms with E-state index in [4.69, 9.17) is 4.74 Å². The lowest BCUT2D eigenvalue weighted by Crippen LogP contribution is -2.37. The third kappa shape index (κ3) is 3.86. The van der Waals surface area contributed by atoms with Crippen molar-refractivity contribution in [2.24, 2.45) is 0 Å². The highest BCUT2D eigenvalue weighted by Crippen LogP contribution is 2.35. The summed E-state index contributed by atoms with van der Waals surface area (Å²) in [5, 5.41) is 13.1. The van der Waals surface area contributed by atoms with Crippen molar-refractivity contribution in [3.63, 3.8) is 0 Å². The minimum atomic E-state index is -2.82. The molecule has 5 nitrogen and oxygen atoms in total. The van der Waals surface area contributed by atoms with E-state index in [1.54, 1.807) is 6.07 Å². The Labute approximate surface area is 127 Å². The van der Waals surface area contributed by atoms with Crippen molar-refractivity contribution in [1.29, 1.82) is 0 Å². The number of hydrogen-bond donors (Lipinski definition) is 2. The number of sulfone groups is 1. The van der Waals surface area contributed by atoms with Crippen molar-refractivity contribution in [3.8, 4) is 11.5 Å². The molecule has 0 unspecified atom stereocenters. The van der Waals surface area contributed by atoms with Crippen molar-refractivity contribution >= 4 is 25.8 Å². The zero-order valence-electron chi connectivity index (χ0n) is 11.2.